The molecule has 2 aromatic carbocycles. The molecule has 1 fully saturated rings. The molecule has 0 bridgehead atoms. The summed E-state index contributed by atoms with van der Waals surface area (Å²) >= 11 is 0. The first-order valence-electron chi connectivity index (χ1n) is 13.3. The van der Waals surface area contributed by atoms with Crippen molar-refractivity contribution in [3.8, 4) is 0 Å². The van der Waals surface area contributed by atoms with Crippen LogP contribution in [-0.4, -0.2) is 36.2 Å². The molecule has 0 heterocycles. The van der Waals surface area contributed by atoms with Gasteiger partial charge in [-0.1, -0.05) is 34.6 Å². The van der Waals surface area contributed by atoms with Gasteiger partial charge in [0, 0.05) is 47.9 Å². The highest BCUT2D eigenvalue weighted by Gasteiger charge is 2.42. The van der Waals surface area contributed by atoms with Crippen LogP contribution in [0.3, 0.4) is 0 Å². The summed E-state index contributed by atoms with van der Waals surface area (Å²) in [4.78, 5) is 49.0. The van der Waals surface area contributed by atoms with Gasteiger partial charge >= 0.3 is 0 Å². The van der Waals surface area contributed by atoms with E-state index in [1.807, 2.05) is 0 Å². The molecule has 204 valence electrons. The van der Waals surface area contributed by atoms with Crippen LogP contribution in [0.15, 0.2) is 48.5 Å². The molecule has 2 unspecified atom stereocenters. The Balaban J connectivity index is 1.60. The number of nitrogens with one attached hydrogen (secondary N) is 4. The molecule has 2 aromatic rings. The highest BCUT2D eigenvalue weighted by atomic mass is 16.2. The summed E-state index contributed by atoms with van der Waals surface area (Å²) < 4.78 is 0. The zero-order chi connectivity index (χ0) is 27.9. The highest BCUT2D eigenvalue weighted by molar-refractivity contribution is 5.96. The summed E-state index contributed by atoms with van der Waals surface area (Å²) in [6.45, 7) is 10.6. The minimum absolute atomic E-state index is 0.0108. The molecule has 3 rings (SSSR count). The lowest BCUT2D eigenvalue weighted by Gasteiger charge is -2.47. The number of carbonyl (C=O) groups excluding carboxylic acids is 4. The summed E-state index contributed by atoms with van der Waals surface area (Å²) in [5, 5.41) is 11.8. The molecular weight excluding hydrogens is 480 g/mol. The van der Waals surface area contributed by atoms with Gasteiger partial charge in [-0.2, -0.15) is 0 Å². The van der Waals surface area contributed by atoms with Crippen LogP contribution < -0.4 is 21.3 Å². The first-order chi connectivity index (χ1) is 17.9. The SMILES string of the molecule is CCC(=O)Nc1ccc(C(=O)NCC2(C)CC(NC(=O)c3ccc(NC(=O)CC)cc3)CC(C)(C)C2)cc1. The maximum absolute atomic E-state index is 13.0. The second-order valence-corrected chi connectivity index (χ2v) is 11.4. The Morgan fingerprint density at radius 1 is 0.737 bits per heavy atom. The van der Waals surface area contributed by atoms with E-state index in [-0.39, 0.29) is 40.5 Å². The van der Waals surface area contributed by atoms with Crippen LogP contribution in [0.4, 0.5) is 11.4 Å². The molecular formula is C30H40N4O4. The van der Waals surface area contributed by atoms with Crippen LogP contribution in [0.2, 0.25) is 0 Å². The Morgan fingerprint density at radius 3 is 1.68 bits per heavy atom. The fraction of sp³-hybridized carbons (Fsp3) is 0.467. The zero-order valence-corrected chi connectivity index (χ0v) is 23.1. The Kier molecular flexibility index (Phi) is 9.31. The number of amides is 4. The molecule has 4 amide bonds. The lowest BCUT2D eigenvalue weighted by atomic mass is 9.62. The molecule has 8 nitrogen and oxygen atoms in total. The van der Waals surface area contributed by atoms with Crippen molar-refractivity contribution in [1.29, 1.82) is 0 Å². The second-order valence-electron chi connectivity index (χ2n) is 11.4. The van der Waals surface area contributed by atoms with Crippen LogP contribution in [-0.2, 0) is 9.59 Å². The summed E-state index contributed by atoms with van der Waals surface area (Å²) in [7, 11) is 0. The van der Waals surface area contributed by atoms with E-state index in [1.165, 1.54) is 0 Å². The van der Waals surface area contributed by atoms with Gasteiger partial charge in [-0.25, -0.2) is 0 Å². The summed E-state index contributed by atoms with van der Waals surface area (Å²) in [5.74, 6) is -0.466. The fourth-order valence-corrected chi connectivity index (χ4v) is 5.44. The third-order valence-electron chi connectivity index (χ3n) is 6.96. The molecule has 4 N–H and O–H groups in total. The van der Waals surface area contributed by atoms with Crippen molar-refractivity contribution in [2.24, 2.45) is 10.8 Å². The Bertz CT molecular complexity index is 1160. The van der Waals surface area contributed by atoms with Gasteiger partial charge < -0.3 is 21.3 Å². The third-order valence-corrected chi connectivity index (χ3v) is 6.96. The molecule has 1 aliphatic carbocycles. The molecule has 8 heteroatoms. The number of hydrogen-bond donors (Lipinski definition) is 4. The Morgan fingerprint density at radius 2 is 1.21 bits per heavy atom. The van der Waals surface area contributed by atoms with Crippen LogP contribution >= 0.6 is 0 Å². The maximum Gasteiger partial charge on any atom is 0.251 e. The van der Waals surface area contributed by atoms with Gasteiger partial charge in [-0.05, 0) is 78.6 Å². The highest BCUT2D eigenvalue weighted by Crippen LogP contribution is 2.45. The van der Waals surface area contributed by atoms with E-state index >= 15 is 0 Å². The van der Waals surface area contributed by atoms with Gasteiger partial charge in [0.15, 0.2) is 0 Å². The van der Waals surface area contributed by atoms with E-state index in [4.69, 9.17) is 0 Å². The van der Waals surface area contributed by atoms with Crippen molar-refractivity contribution >= 4 is 35.0 Å². The number of anilines is 2. The Labute approximate surface area is 225 Å². The fourth-order valence-electron chi connectivity index (χ4n) is 5.44. The smallest absolute Gasteiger partial charge is 0.251 e. The normalized spacial score (nSPS) is 20.2. The van der Waals surface area contributed by atoms with Gasteiger partial charge in [0.05, 0.1) is 0 Å². The average molecular weight is 521 g/mol. The molecule has 38 heavy (non-hydrogen) atoms. The maximum atomic E-state index is 13.0. The van der Waals surface area contributed by atoms with Crippen molar-refractivity contribution < 1.29 is 19.2 Å². The topological polar surface area (TPSA) is 116 Å². The van der Waals surface area contributed by atoms with Crippen LogP contribution in [0, 0.1) is 10.8 Å². The largest absolute Gasteiger partial charge is 0.351 e. The summed E-state index contributed by atoms with van der Waals surface area (Å²) in [6.07, 6.45) is 3.29. The van der Waals surface area contributed by atoms with E-state index in [9.17, 15) is 19.2 Å². The number of benzene rings is 2. The number of rotatable bonds is 9. The quantitative estimate of drug-likeness (QED) is 0.367. The predicted molar refractivity (Wildman–Crippen MR) is 150 cm³/mol. The van der Waals surface area contributed by atoms with Gasteiger partial charge in [-0.15, -0.1) is 0 Å². The van der Waals surface area contributed by atoms with Crippen molar-refractivity contribution in [1.82, 2.24) is 10.6 Å². The van der Waals surface area contributed by atoms with Gasteiger partial charge in [-0.3, -0.25) is 19.2 Å². The molecule has 1 aliphatic rings. The zero-order valence-electron chi connectivity index (χ0n) is 23.1. The molecule has 0 saturated heterocycles. The van der Waals surface area contributed by atoms with Crippen molar-refractivity contribution in [2.45, 2.75) is 72.8 Å². The molecule has 0 spiro atoms. The number of carbonyl (C=O) groups is 4. The standard InChI is InChI=1S/C30H40N4O4/c1-6-25(35)32-22-12-8-20(9-13-22)27(37)31-19-30(5)17-24(16-29(3,4)18-30)34-28(38)21-10-14-23(15-11-21)33-26(36)7-2/h8-15,24H,6-7,16-19H2,1-5H3,(H,31,37)(H,32,35)(H,33,36)(H,34,38). The van der Waals surface area contributed by atoms with Gasteiger partial charge in [0.2, 0.25) is 11.8 Å². The predicted octanol–water partition coefficient (Wildman–Crippen LogP) is 5.13. The number of hydrogen-bond acceptors (Lipinski definition) is 4. The van der Waals surface area contributed by atoms with Crippen molar-refractivity contribution in [3.63, 3.8) is 0 Å². The lowest BCUT2D eigenvalue weighted by molar-refractivity contribution is -0.116. The first kappa shape index (κ1) is 28.9. The molecule has 1 saturated carbocycles. The molecule has 0 radical (unpaired) electrons. The van der Waals surface area contributed by atoms with Crippen molar-refractivity contribution in [2.75, 3.05) is 17.2 Å². The summed E-state index contributed by atoms with van der Waals surface area (Å²) in [6, 6.07) is 13.7. The van der Waals surface area contributed by atoms with E-state index in [0.717, 1.165) is 19.3 Å². The van der Waals surface area contributed by atoms with Gasteiger partial charge in [0.1, 0.15) is 0 Å². The minimum Gasteiger partial charge on any atom is -0.351 e. The van der Waals surface area contributed by atoms with E-state index in [1.54, 1.807) is 62.4 Å². The molecule has 0 aliphatic heterocycles. The second kappa shape index (κ2) is 12.2. The summed E-state index contributed by atoms with van der Waals surface area (Å²) in [5.41, 5.74) is 2.18. The molecule has 2 atom stereocenters. The van der Waals surface area contributed by atoms with Crippen LogP contribution in [0.1, 0.15) is 87.4 Å². The lowest BCUT2D eigenvalue weighted by Crippen LogP contribution is -2.50. The minimum atomic E-state index is -0.196. The van der Waals surface area contributed by atoms with Crippen LogP contribution in [0.5, 0.6) is 0 Å². The van der Waals surface area contributed by atoms with E-state index in [0.29, 0.717) is 41.9 Å². The van der Waals surface area contributed by atoms with E-state index in [2.05, 4.69) is 42.0 Å². The average Bonchev–Trinajstić information content (AvgIpc) is 2.86. The van der Waals surface area contributed by atoms with Crippen LogP contribution in [0.25, 0.3) is 0 Å². The van der Waals surface area contributed by atoms with E-state index < -0.39 is 0 Å². The van der Waals surface area contributed by atoms with Crippen molar-refractivity contribution in [3.05, 3.63) is 59.7 Å². The first-order valence-corrected chi connectivity index (χ1v) is 13.3. The molecule has 0 aromatic heterocycles. The third kappa shape index (κ3) is 8.16. The Hall–Kier alpha value is -3.68. The monoisotopic (exact) mass is 520 g/mol. The van der Waals surface area contributed by atoms with Gasteiger partial charge in [0.25, 0.3) is 11.8 Å².